The predicted octanol–water partition coefficient (Wildman–Crippen LogP) is 1.94. The minimum absolute atomic E-state index is 0.0704. The highest BCUT2D eigenvalue weighted by molar-refractivity contribution is 7.90. The zero-order chi connectivity index (χ0) is 13.9. The van der Waals surface area contributed by atoms with Crippen LogP contribution < -0.4 is 5.73 Å². The molecule has 2 aromatic carbocycles. The minimum Gasteiger partial charge on any atom is -0.384 e. The van der Waals surface area contributed by atoms with E-state index in [1.165, 1.54) is 0 Å². The van der Waals surface area contributed by atoms with Gasteiger partial charge in [-0.05, 0) is 23.8 Å². The van der Waals surface area contributed by atoms with E-state index in [9.17, 15) is 8.42 Å². The van der Waals surface area contributed by atoms with Crippen molar-refractivity contribution in [2.24, 2.45) is 5.73 Å². The number of nitrogens with one attached hydrogen (secondary N) is 1. The molecule has 98 valence electrons. The highest BCUT2D eigenvalue weighted by Gasteiger charge is 2.15. The monoisotopic (exact) mass is 274 g/mol. The van der Waals surface area contributed by atoms with Crippen molar-refractivity contribution in [1.29, 1.82) is 5.41 Å². The molecule has 5 heteroatoms. The molecule has 0 aromatic heterocycles. The van der Waals surface area contributed by atoms with E-state index in [0.717, 1.165) is 0 Å². The van der Waals surface area contributed by atoms with Gasteiger partial charge >= 0.3 is 0 Å². The Balaban J connectivity index is 2.31. The van der Waals surface area contributed by atoms with Gasteiger partial charge in [-0.15, -0.1) is 0 Å². The van der Waals surface area contributed by atoms with E-state index >= 15 is 0 Å². The summed E-state index contributed by atoms with van der Waals surface area (Å²) in [6.45, 7) is 0. The van der Waals surface area contributed by atoms with E-state index in [2.05, 4.69) is 0 Å². The molecule has 4 nitrogen and oxygen atoms in total. The van der Waals surface area contributed by atoms with E-state index in [1.807, 2.05) is 0 Å². The second kappa shape index (κ2) is 5.24. The Morgan fingerprint density at radius 3 is 2.37 bits per heavy atom. The zero-order valence-corrected chi connectivity index (χ0v) is 11.0. The highest BCUT2D eigenvalue weighted by Crippen LogP contribution is 2.16. The van der Waals surface area contributed by atoms with Crippen LogP contribution in [0.5, 0.6) is 0 Å². The first-order chi connectivity index (χ1) is 8.99. The summed E-state index contributed by atoms with van der Waals surface area (Å²) in [5, 5.41) is 7.36. The summed E-state index contributed by atoms with van der Waals surface area (Å²) < 4.78 is 24.4. The third-order valence-electron chi connectivity index (χ3n) is 2.70. The van der Waals surface area contributed by atoms with Crippen LogP contribution in [0.2, 0.25) is 0 Å². The number of hydrogen-bond acceptors (Lipinski definition) is 3. The summed E-state index contributed by atoms with van der Waals surface area (Å²) in [4.78, 5) is 0.295. The van der Waals surface area contributed by atoms with Crippen molar-refractivity contribution in [2.75, 3.05) is 0 Å². The molecule has 2 aromatic rings. The number of nitrogens with two attached hydrogens (primary N) is 1. The standard InChI is InChI=1S/C14H14N2O2S/c15-14(16)12-6-4-5-11(9-12)10-19(17,18)13-7-2-1-3-8-13/h1-9H,10H2,(H3,15,16). The normalized spacial score (nSPS) is 11.2. The van der Waals surface area contributed by atoms with Gasteiger partial charge in [-0.2, -0.15) is 0 Å². The zero-order valence-electron chi connectivity index (χ0n) is 10.2. The molecule has 0 aliphatic heterocycles. The fourth-order valence-electron chi connectivity index (χ4n) is 1.76. The molecule has 0 aliphatic rings. The maximum absolute atomic E-state index is 12.2. The van der Waals surface area contributed by atoms with Gasteiger partial charge in [-0.1, -0.05) is 36.4 Å². The second-order valence-corrected chi connectivity index (χ2v) is 6.18. The second-order valence-electron chi connectivity index (χ2n) is 4.19. The summed E-state index contributed by atoms with van der Waals surface area (Å²) in [7, 11) is -3.37. The van der Waals surface area contributed by atoms with Crippen LogP contribution in [-0.2, 0) is 15.6 Å². The molecule has 2 rings (SSSR count). The molecule has 0 saturated carbocycles. The molecule has 0 spiro atoms. The van der Waals surface area contributed by atoms with Crippen LogP contribution in [0.15, 0.2) is 59.5 Å². The van der Waals surface area contributed by atoms with Crippen LogP contribution in [0, 0.1) is 5.41 Å². The Morgan fingerprint density at radius 1 is 1.05 bits per heavy atom. The van der Waals surface area contributed by atoms with E-state index < -0.39 is 9.84 Å². The molecule has 0 radical (unpaired) electrons. The summed E-state index contributed by atoms with van der Waals surface area (Å²) in [5.41, 5.74) is 6.54. The lowest BCUT2D eigenvalue weighted by molar-refractivity contribution is 0.595. The Labute approximate surface area is 112 Å². The fourth-order valence-corrected chi connectivity index (χ4v) is 3.12. The van der Waals surface area contributed by atoms with Crippen LogP contribution >= 0.6 is 0 Å². The SMILES string of the molecule is N=C(N)c1cccc(CS(=O)(=O)c2ccccc2)c1. The van der Waals surface area contributed by atoms with Crippen molar-refractivity contribution < 1.29 is 8.42 Å². The topological polar surface area (TPSA) is 84.0 Å². The van der Waals surface area contributed by atoms with Crippen LogP contribution in [0.3, 0.4) is 0 Å². The van der Waals surface area contributed by atoms with Gasteiger partial charge in [0.25, 0.3) is 0 Å². The molecule has 0 fully saturated rings. The molecule has 0 amide bonds. The number of sulfone groups is 1. The lowest BCUT2D eigenvalue weighted by atomic mass is 10.1. The molecule has 0 saturated heterocycles. The molecule has 0 aliphatic carbocycles. The molecule has 0 heterocycles. The van der Waals surface area contributed by atoms with E-state index in [1.54, 1.807) is 54.6 Å². The number of amidine groups is 1. The number of rotatable bonds is 4. The molecule has 0 atom stereocenters. The van der Waals surface area contributed by atoms with Crippen molar-refractivity contribution >= 4 is 15.7 Å². The van der Waals surface area contributed by atoms with E-state index in [4.69, 9.17) is 11.1 Å². The van der Waals surface area contributed by atoms with E-state index in [-0.39, 0.29) is 11.6 Å². The van der Waals surface area contributed by atoms with Crippen LogP contribution in [-0.4, -0.2) is 14.3 Å². The summed E-state index contributed by atoms with van der Waals surface area (Å²) in [5.74, 6) is -0.169. The Hall–Kier alpha value is -2.14. The van der Waals surface area contributed by atoms with Crippen molar-refractivity contribution in [3.63, 3.8) is 0 Å². The number of benzene rings is 2. The third-order valence-corrected chi connectivity index (χ3v) is 4.40. The molecule has 19 heavy (non-hydrogen) atoms. The number of nitrogen functional groups attached to an aromatic ring is 1. The number of hydrogen-bond donors (Lipinski definition) is 2. The quantitative estimate of drug-likeness (QED) is 0.660. The molecular weight excluding hydrogens is 260 g/mol. The van der Waals surface area contributed by atoms with Gasteiger partial charge in [-0.25, -0.2) is 8.42 Å². The molecule has 0 bridgehead atoms. The average molecular weight is 274 g/mol. The molecule has 0 unspecified atom stereocenters. The van der Waals surface area contributed by atoms with Crippen molar-refractivity contribution in [3.8, 4) is 0 Å². The Bertz CT molecular complexity index is 694. The van der Waals surface area contributed by atoms with Gasteiger partial charge in [0.15, 0.2) is 9.84 Å². The summed E-state index contributed by atoms with van der Waals surface area (Å²) >= 11 is 0. The van der Waals surface area contributed by atoms with Crippen molar-refractivity contribution in [1.82, 2.24) is 0 Å². The summed E-state index contributed by atoms with van der Waals surface area (Å²) in [6, 6.07) is 15.0. The highest BCUT2D eigenvalue weighted by atomic mass is 32.2. The molecular formula is C14H14N2O2S. The lowest BCUT2D eigenvalue weighted by Gasteiger charge is -2.06. The smallest absolute Gasteiger partial charge is 0.182 e. The average Bonchev–Trinajstić information content (AvgIpc) is 2.39. The largest absolute Gasteiger partial charge is 0.384 e. The Kier molecular flexibility index (Phi) is 3.66. The maximum atomic E-state index is 12.2. The first-order valence-corrected chi connectivity index (χ1v) is 7.35. The van der Waals surface area contributed by atoms with Gasteiger partial charge in [-0.3, -0.25) is 5.41 Å². The van der Waals surface area contributed by atoms with Gasteiger partial charge in [0.2, 0.25) is 0 Å². The van der Waals surface area contributed by atoms with E-state index in [0.29, 0.717) is 16.0 Å². The third kappa shape index (κ3) is 3.20. The first kappa shape index (κ1) is 13.3. The van der Waals surface area contributed by atoms with Crippen molar-refractivity contribution in [2.45, 2.75) is 10.6 Å². The van der Waals surface area contributed by atoms with Crippen LogP contribution in [0.25, 0.3) is 0 Å². The first-order valence-electron chi connectivity index (χ1n) is 5.70. The predicted molar refractivity (Wildman–Crippen MR) is 74.8 cm³/mol. The van der Waals surface area contributed by atoms with Gasteiger partial charge < -0.3 is 5.73 Å². The summed E-state index contributed by atoms with van der Waals surface area (Å²) in [6.07, 6.45) is 0. The van der Waals surface area contributed by atoms with Crippen molar-refractivity contribution in [3.05, 3.63) is 65.7 Å². The lowest BCUT2D eigenvalue weighted by Crippen LogP contribution is -2.12. The van der Waals surface area contributed by atoms with Gasteiger partial charge in [0.1, 0.15) is 5.84 Å². The van der Waals surface area contributed by atoms with Gasteiger partial charge in [0.05, 0.1) is 10.6 Å². The maximum Gasteiger partial charge on any atom is 0.182 e. The fraction of sp³-hybridized carbons (Fsp3) is 0.0714. The Morgan fingerprint density at radius 2 is 1.74 bits per heavy atom. The van der Waals surface area contributed by atoms with Crippen LogP contribution in [0.1, 0.15) is 11.1 Å². The van der Waals surface area contributed by atoms with Crippen LogP contribution in [0.4, 0.5) is 0 Å². The molecule has 3 N–H and O–H groups in total. The van der Waals surface area contributed by atoms with Gasteiger partial charge in [0, 0.05) is 5.56 Å². The minimum atomic E-state index is -3.37.